The molecule has 168 valence electrons. The Morgan fingerprint density at radius 1 is 1.06 bits per heavy atom. The molecular formula is C27H25FN2O3. The molecule has 0 unspecified atom stereocenters. The molecule has 5 rings (SSSR count). The number of nitrogens with zero attached hydrogens (tertiary/aromatic N) is 1. The molecule has 33 heavy (non-hydrogen) atoms. The van der Waals surface area contributed by atoms with Crippen LogP contribution in [0.1, 0.15) is 36.0 Å². The van der Waals surface area contributed by atoms with Gasteiger partial charge < -0.3 is 19.4 Å². The number of hydrogen-bond donors (Lipinski definition) is 1. The maximum absolute atomic E-state index is 13.6. The molecule has 1 N–H and O–H groups in total. The average molecular weight is 445 g/mol. The summed E-state index contributed by atoms with van der Waals surface area (Å²) in [5, 5.41) is 4.13. The van der Waals surface area contributed by atoms with Crippen molar-refractivity contribution in [3.63, 3.8) is 0 Å². The SMILES string of the molecule is CCn1cc([C@@H](CC(=O)NCc2ccc3c(c2)OCO3)c2ccc(F)cc2)c2ccccc21. The predicted molar refractivity (Wildman–Crippen MR) is 125 cm³/mol. The van der Waals surface area contributed by atoms with Gasteiger partial charge in [0.1, 0.15) is 5.82 Å². The first-order valence-electron chi connectivity index (χ1n) is 11.1. The molecule has 0 aliphatic carbocycles. The molecule has 2 heterocycles. The molecule has 1 amide bonds. The van der Waals surface area contributed by atoms with E-state index in [0.717, 1.165) is 34.1 Å². The Morgan fingerprint density at radius 3 is 2.67 bits per heavy atom. The summed E-state index contributed by atoms with van der Waals surface area (Å²) in [6.45, 7) is 3.53. The summed E-state index contributed by atoms with van der Waals surface area (Å²) in [4.78, 5) is 13.0. The summed E-state index contributed by atoms with van der Waals surface area (Å²) in [7, 11) is 0. The van der Waals surface area contributed by atoms with Gasteiger partial charge >= 0.3 is 0 Å². The number of benzene rings is 3. The first-order chi connectivity index (χ1) is 16.1. The minimum absolute atomic E-state index is 0.0738. The number of hydrogen-bond acceptors (Lipinski definition) is 3. The second-order valence-corrected chi connectivity index (χ2v) is 8.16. The topological polar surface area (TPSA) is 52.5 Å². The summed E-state index contributed by atoms with van der Waals surface area (Å²) in [5.74, 6) is 0.850. The average Bonchev–Trinajstić information content (AvgIpc) is 3.46. The fraction of sp³-hybridized carbons (Fsp3) is 0.222. The number of halogens is 1. The van der Waals surface area contributed by atoms with E-state index < -0.39 is 0 Å². The monoisotopic (exact) mass is 444 g/mol. The van der Waals surface area contributed by atoms with E-state index in [1.807, 2.05) is 30.3 Å². The van der Waals surface area contributed by atoms with E-state index in [-0.39, 0.29) is 30.9 Å². The molecule has 0 saturated heterocycles. The smallest absolute Gasteiger partial charge is 0.231 e. The third-order valence-corrected chi connectivity index (χ3v) is 6.12. The zero-order valence-corrected chi connectivity index (χ0v) is 18.4. The van der Waals surface area contributed by atoms with Gasteiger partial charge in [-0.1, -0.05) is 36.4 Å². The van der Waals surface area contributed by atoms with Crippen molar-refractivity contribution in [3.05, 3.63) is 95.4 Å². The molecule has 0 bridgehead atoms. The van der Waals surface area contributed by atoms with E-state index in [1.54, 1.807) is 12.1 Å². The van der Waals surface area contributed by atoms with Crippen molar-refractivity contribution in [1.29, 1.82) is 0 Å². The lowest BCUT2D eigenvalue weighted by molar-refractivity contribution is -0.121. The normalized spacial score (nSPS) is 13.3. The summed E-state index contributed by atoms with van der Waals surface area (Å²) >= 11 is 0. The lowest BCUT2D eigenvalue weighted by atomic mass is 9.88. The molecular weight excluding hydrogens is 419 g/mol. The fourth-order valence-corrected chi connectivity index (χ4v) is 4.43. The van der Waals surface area contributed by atoms with Crippen molar-refractivity contribution >= 4 is 16.8 Å². The van der Waals surface area contributed by atoms with E-state index in [2.05, 4.69) is 35.1 Å². The van der Waals surface area contributed by atoms with Gasteiger partial charge in [0.2, 0.25) is 12.7 Å². The van der Waals surface area contributed by atoms with Crippen LogP contribution in [0, 0.1) is 5.82 Å². The van der Waals surface area contributed by atoms with E-state index >= 15 is 0 Å². The number of carbonyl (C=O) groups is 1. The van der Waals surface area contributed by atoms with Crippen LogP contribution in [0.2, 0.25) is 0 Å². The Kier molecular flexibility index (Phi) is 5.73. The van der Waals surface area contributed by atoms with E-state index in [4.69, 9.17) is 9.47 Å². The quantitative estimate of drug-likeness (QED) is 0.417. The molecule has 1 aromatic heterocycles. The number of aryl methyl sites for hydroxylation is 1. The summed E-state index contributed by atoms with van der Waals surface area (Å²) < 4.78 is 26.6. The maximum atomic E-state index is 13.6. The number of para-hydroxylation sites is 1. The fourth-order valence-electron chi connectivity index (χ4n) is 4.43. The van der Waals surface area contributed by atoms with Gasteiger partial charge in [0.25, 0.3) is 0 Å². The van der Waals surface area contributed by atoms with Gasteiger partial charge in [-0.2, -0.15) is 0 Å². The third kappa shape index (κ3) is 4.29. The Labute approximate surface area is 191 Å². The molecule has 6 heteroatoms. The van der Waals surface area contributed by atoms with E-state index in [1.165, 1.54) is 12.1 Å². The van der Waals surface area contributed by atoms with Crippen LogP contribution in [0.3, 0.4) is 0 Å². The minimum atomic E-state index is -0.291. The van der Waals surface area contributed by atoms with Crippen LogP contribution in [-0.2, 0) is 17.9 Å². The second-order valence-electron chi connectivity index (χ2n) is 8.16. The highest BCUT2D eigenvalue weighted by Crippen LogP contribution is 2.35. The van der Waals surface area contributed by atoms with Gasteiger partial charge in [-0.05, 0) is 53.9 Å². The molecule has 5 nitrogen and oxygen atoms in total. The summed E-state index contributed by atoms with van der Waals surface area (Å²) in [6, 6.07) is 20.3. The third-order valence-electron chi connectivity index (χ3n) is 6.12. The Bertz CT molecular complexity index is 1300. The van der Waals surface area contributed by atoms with Crippen LogP contribution in [0.25, 0.3) is 10.9 Å². The lowest BCUT2D eigenvalue weighted by Crippen LogP contribution is -2.25. The highest BCUT2D eigenvalue weighted by Gasteiger charge is 2.23. The molecule has 4 aromatic rings. The van der Waals surface area contributed by atoms with Crippen LogP contribution in [-0.4, -0.2) is 17.3 Å². The first-order valence-corrected chi connectivity index (χ1v) is 11.1. The lowest BCUT2D eigenvalue weighted by Gasteiger charge is -2.17. The van der Waals surface area contributed by atoms with Crippen molar-refractivity contribution in [3.8, 4) is 11.5 Å². The van der Waals surface area contributed by atoms with Crippen LogP contribution < -0.4 is 14.8 Å². The zero-order valence-electron chi connectivity index (χ0n) is 18.4. The molecule has 1 aliphatic rings. The van der Waals surface area contributed by atoms with Gasteiger partial charge in [0.15, 0.2) is 11.5 Å². The Hall–Kier alpha value is -3.80. The first kappa shape index (κ1) is 21.1. The van der Waals surface area contributed by atoms with Crippen molar-refractivity contribution in [2.24, 2.45) is 0 Å². The summed E-state index contributed by atoms with van der Waals surface area (Å²) in [5.41, 5.74) is 4.04. The molecule has 3 aromatic carbocycles. The largest absolute Gasteiger partial charge is 0.454 e. The highest BCUT2D eigenvalue weighted by atomic mass is 19.1. The Morgan fingerprint density at radius 2 is 1.85 bits per heavy atom. The molecule has 0 fully saturated rings. The van der Waals surface area contributed by atoms with Gasteiger partial charge in [-0.15, -0.1) is 0 Å². The minimum Gasteiger partial charge on any atom is -0.454 e. The highest BCUT2D eigenvalue weighted by molar-refractivity contribution is 5.86. The number of carbonyl (C=O) groups excluding carboxylic acids is 1. The van der Waals surface area contributed by atoms with E-state index in [9.17, 15) is 9.18 Å². The van der Waals surface area contributed by atoms with Crippen molar-refractivity contribution in [2.75, 3.05) is 6.79 Å². The number of rotatable bonds is 7. The van der Waals surface area contributed by atoms with Crippen LogP contribution in [0.4, 0.5) is 4.39 Å². The standard InChI is InChI=1S/C27H25FN2O3/c1-2-30-16-23(21-5-3-4-6-24(21)30)22(19-8-10-20(28)11-9-19)14-27(31)29-15-18-7-12-25-26(13-18)33-17-32-25/h3-13,16,22H,2,14-15,17H2,1H3,(H,29,31)/t22-/m0/s1. The maximum Gasteiger partial charge on any atom is 0.231 e. The van der Waals surface area contributed by atoms with Gasteiger partial charge in [-0.25, -0.2) is 4.39 Å². The predicted octanol–water partition coefficient (Wildman–Crippen LogP) is 5.37. The summed E-state index contributed by atoms with van der Waals surface area (Å²) in [6.07, 6.45) is 2.37. The number of amides is 1. The molecule has 1 atom stereocenters. The molecule has 0 spiro atoms. The van der Waals surface area contributed by atoms with Gasteiger partial charge in [-0.3, -0.25) is 4.79 Å². The van der Waals surface area contributed by atoms with Crippen LogP contribution in [0.5, 0.6) is 11.5 Å². The number of fused-ring (bicyclic) bond motifs is 2. The van der Waals surface area contributed by atoms with E-state index in [0.29, 0.717) is 18.0 Å². The number of nitrogens with one attached hydrogen (secondary N) is 1. The Balaban J connectivity index is 1.41. The van der Waals surface area contributed by atoms with Gasteiger partial charge in [0, 0.05) is 42.5 Å². The van der Waals surface area contributed by atoms with Crippen molar-refractivity contribution in [1.82, 2.24) is 9.88 Å². The zero-order chi connectivity index (χ0) is 22.8. The van der Waals surface area contributed by atoms with Crippen LogP contribution in [0.15, 0.2) is 72.9 Å². The van der Waals surface area contributed by atoms with Crippen molar-refractivity contribution in [2.45, 2.75) is 32.4 Å². The second kappa shape index (κ2) is 8.98. The van der Waals surface area contributed by atoms with Gasteiger partial charge in [0.05, 0.1) is 0 Å². The van der Waals surface area contributed by atoms with Crippen LogP contribution >= 0.6 is 0 Å². The van der Waals surface area contributed by atoms with Crippen molar-refractivity contribution < 1.29 is 18.7 Å². The molecule has 1 aliphatic heterocycles. The molecule has 0 saturated carbocycles. The number of aromatic nitrogens is 1. The number of ether oxygens (including phenoxy) is 2. The molecule has 0 radical (unpaired) electrons.